The van der Waals surface area contributed by atoms with Crippen LogP contribution in [0.4, 0.5) is 5.69 Å². The molecule has 7 nitrogen and oxygen atoms in total. The lowest BCUT2D eigenvalue weighted by atomic mass is 10.1. The zero-order chi connectivity index (χ0) is 26.0. The van der Waals surface area contributed by atoms with Crippen LogP contribution in [0.25, 0.3) is 22.3 Å². The standard InChI is InChI=1S/C28H26BrNO6/c1-15-10-16(2)24(17(3)11-15)30-23(31)14-35-28-25(32)19-8-6-7-9-21(19)36-26(28)18-12-20(29)27(34-5)22(13-18)33-4/h6-13H,14H2,1-5H3,(H,30,31). The first-order chi connectivity index (χ1) is 17.2. The molecule has 0 radical (unpaired) electrons. The third-order valence-corrected chi connectivity index (χ3v) is 6.33. The van der Waals surface area contributed by atoms with Crippen LogP contribution in [0, 0.1) is 20.8 Å². The predicted octanol–water partition coefficient (Wildman–Crippen LogP) is 6.18. The summed E-state index contributed by atoms with van der Waals surface area (Å²) in [6, 6.07) is 14.3. The van der Waals surface area contributed by atoms with Gasteiger partial charge in [-0.25, -0.2) is 0 Å². The maximum atomic E-state index is 13.4. The van der Waals surface area contributed by atoms with E-state index in [0.717, 1.165) is 22.4 Å². The molecule has 1 amide bonds. The van der Waals surface area contributed by atoms with Crippen molar-refractivity contribution in [1.29, 1.82) is 0 Å². The molecule has 186 valence electrons. The van der Waals surface area contributed by atoms with E-state index in [0.29, 0.717) is 32.5 Å². The van der Waals surface area contributed by atoms with Gasteiger partial charge in [0.1, 0.15) is 5.58 Å². The van der Waals surface area contributed by atoms with Crippen LogP contribution in [0.5, 0.6) is 17.2 Å². The number of halogens is 1. The number of carbonyl (C=O) groups is 1. The van der Waals surface area contributed by atoms with Gasteiger partial charge in [-0.15, -0.1) is 0 Å². The van der Waals surface area contributed by atoms with Crippen molar-refractivity contribution in [3.05, 3.63) is 79.9 Å². The average Bonchev–Trinajstić information content (AvgIpc) is 2.85. The maximum Gasteiger partial charge on any atom is 0.262 e. The van der Waals surface area contributed by atoms with Gasteiger partial charge in [-0.05, 0) is 72.1 Å². The topological polar surface area (TPSA) is 87.0 Å². The molecule has 1 heterocycles. The van der Waals surface area contributed by atoms with E-state index in [1.54, 1.807) is 36.4 Å². The second-order valence-electron chi connectivity index (χ2n) is 8.39. The number of benzene rings is 3. The van der Waals surface area contributed by atoms with Gasteiger partial charge in [0, 0.05) is 11.3 Å². The molecule has 36 heavy (non-hydrogen) atoms. The molecule has 0 saturated heterocycles. The molecule has 8 heteroatoms. The number of hydrogen-bond donors (Lipinski definition) is 1. The van der Waals surface area contributed by atoms with Crippen molar-refractivity contribution in [2.45, 2.75) is 20.8 Å². The fourth-order valence-electron chi connectivity index (χ4n) is 4.19. The summed E-state index contributed by atoms with van der Waals surface area (Å²) < 4.78 is 23.4. The zero-order valence-electron chi connectivity index (χ0n) is 20.7. The molecule has 0 bridgehead atoms. The molecule has 0 atom stereocenters. The van der Waals surface area contributed by atoms with E-state index in [2.05, 4.69) is 21.2 Å². The van der Waals surface area contributed by atoms with Crippen LogP contribution in [0.15, 0.2) is 62.2 Å². The Kier molecular flexibility index (Phi) is 7.35. The molecule has 0 unspecified atom stereocenters. The molecule has 0 saturated carbocycles. The fraction of sp³-hybridized carbons (Fsp3) is 0.214. The summed E-state index contributed by atoms with van der Waals surface area (Å²) in [5.41, 5.74) is 4.26. The van der Waals surface area contributed by atoms with E-state index in [1.165, 1.54) is 14.2 Å². The smallest absolute Gasteiger partial charge is 0.262 e. The minimum Gasteiger partial charge on any atom is -0.493 e. The minimum absolute atomic E-state index is 0.0691. The van der Waals surface area contributed by atoms with Crippen molar-refractivity contribution in [3.63, 3.8) is 0 Å². The lowest BCUT2D eigenvalue weighted by Gasteiger charge is -2.16. The van der Waals surface area contributed by atoms with E-state index in [4.69, 9.17) is 18.6 Å². The lowest BCUT2D eigenvalue weighted by Crippen LogP contribution is -2.23. The predicted molar refractivity (Wildman–Crippen MR) is 144 cm³/mol. The first kappa shape index (κ1) is 25.3. The summed E-state index contributed by atoms with van der Waals surface area (Å²) in [6.07, 6.45) is 0. The minimum atomic E-state index is -0.392. The molecule has 1 N–H and O–H groups in total. The summed E-state index contributed by atoms with van der Waals surface area (Å²) >= 11 is 3.48. The van der Waals surface area contributed by atoms with E-state index in [-0.39, 0.29) is 23.5 Å². The monoisotopic (exact) mass is 551 g/mol. The Bertz CT molecular complexity index is 1500. The number of para-hydroxylation sites is 1. The van der Waals surface area contributed by atoms with E-state index in [9.17, 15) is 9.59 Å². The van der Waals surface area contributed by atoms with Crippen molar-refractivity contribution in [2.75, 3.05) is 26.1 Å². The Balaban J connectivity index is 1.74. The highest BCUT2D eigenvalue weighted by Crippen LogP contribution is 2.41. The maximum absolute atomic E-state index is 13.4. The van der Waals surface area contributed by atoms with E-state index < -0.39 is 5.91 Å². The highest BCUT2D eigenvalue weighted by molar-refractivity contribution is 9.10. The Labute approximate surface area is 217 Å². The second-order valence-corrected chi connectivity index (χ2v) is 9.24. The Hall–Kier alpha value is -3.78. The quantitative estimate of drug-likeness (QED) is 0.295. The summed E-state index contributed by atoms with van der Waals surface area (Å²) in [4.78, 5) is 26.2. The van der Waals surface area contributed by atoms with Crippen LogP contribution in [-0.2, 0) is 4.79 Å². The summed E-state index contributed by atoms with van der Waals surface area (Å²) in [7, 11) is 3.05. The van der Waals surface area contributed by atoms with Gasteiger partial charge in [-0.3, -0.25) is 9.59 Å². The largest absolute Gasteiger partial charge is 0.493 e. The molecule has 4 rings (SSSR count). The molecular formula is C28H26BrNO6. The fourth-order valence-corrected chi connectivity index (χ4v) is 4.79. The van der Waals surface area contributed by atoms with Crippen LogP contribution in [0.2, 0.25) is 0 Å². The molecule has 3 aromatic carbocycles. The van der Waals surface area contributed by atoms with Gasteiger partial charge in [-0.2, -0.15) is 0 Å². The van der Waals surface area contributed by atoms with Crippen LogP contribution < -0.4 is 25.0 Å². The molecule has 0 fully saturated rings. The third-order valence-electron chi connectivity index (χ3n) is 5.74. The van der Waals surface area contributed by atoms with Crippen LogP contribution in [0.1, 0.15) is 16.7 Å². The van der Waals surface area contributed by atoms with Gasteiger partial charge in [-0.1, -0.05) is 29.8 Å². The highest BCUT2D eigenvalue weighted by atomic mass is 79.9. The van der Waals surface area contributed by atoms with Crippen molar-refractivity contribution >= 4 is 38.5 Å². The van der Waals surface area contributed by atoms with Crippen molar-refractivity contribution in [2.24, 2.45) is 0 Å². The van der Waals surface area contributed by atoms with Gasteiger partial charge < -0.3 is 23.9 Å². The molecule has 0 spiro atoms. The average molecular weight is 552 g/mol. The first-order valence-corrected chi connectivity index (χ1v) is 12.0. The van der Waals surface area contributed by atoms with Crippen LogP contribution in [-0.4, -0.2) is 26.7 Å². The van der Waals surface area contributed by atoms with Gasteiger partial charge in [0.15, 0.2) is 23.9 Å². The lowest BCUT2D eigenvalue weighted by molar-refractivity contribution is -0.118. The number of anilines is 1. The number of ether oxygens (including phenoxy) is 3. The van der Waals surface area contributed by atoms with Crippen LogP contribution in [0.3, 0.4) is 0 Å². The molecule has 0 aliphatic carbocycles. The number of carbonyl (C=O) groups excluding carboxylic acids is 1. The van der Waals surface area contributed by atoms with Gasteiger partial charge in [0.2, 0.25) is 11.2 Å². The number of nitrogens with one attached hydrogen (secondary N) is 1. The number of aryl methyl sites for hydroxylation is 3. The van der Waals surface area contributed by atoms with E-state index >= 15 is 0 Å². The SMILES string of the molecule is COc1cc(-c2oc3ccccc3c(=O)c2OCC(=O)Nc2c(C)cc(C)cc2C)cc(Br)c1OC. The molecule has 0 aliphatic rings. The first-order valence-electron chi connectivity index (χ1n) is 11.2. The highest BCUT2D eigenvalue weighted by Gasteiger charge is 2.22. The summed E-state index contributed by atoms with van der Waals surface area (Å²) in [5.74, 6) is 0.648. The Morgan fingerprint density at radius 3 is 2.33 bits per heavy atom. The number of hydrogen-bond acceptors (Lipinski definition) is 6. The van der Waals surface area contributed by atoms with Gasteiger partial charge >= 0.3 is 0 Å². The van der Waals surface area contributed by atoms with Gasteiger partial charge in [0.05, 0.1) is 24.1 Å². The van der Waals surface area contributed by atoms with Crippen LogP contribution >= 0.6 is 15.9 Å². The van der Waals surface area contributed by atoms with Crippen molar-refractivity contribution in [1.82, 2.24) is 0 Å². The number of methoxy groups -OCH3 is 2. The van der Waals surface area contributed by atoms with Crippen molar-refractivity contribution < 1.29 is 23.4 Å². The summed E-state index contributed by atoms with van der Waals surface area (Å²) in [5, 5.41) is 3.24. The summed E-state index contributed by atoms with van der Waals surface area (Å²) in [6.45, 7) is 5.49. The Morgan fingerprint density at radius 1 is 0.972 bits per heavy atom. The van der Waals surface area contributed by atoms with Crippen molar-refractivity contribution in [3.8, 4) is 28.6 Å². The second kappa shape index (κ2) is 10.5. The Morgan fingerprint density at radius 2 is 1.67 bits per heavy atom. The zero-order valence-corrected chi connectivity index (χ0v) is 22.2. The number of amides is 1. The normalized spacial score (nSPS) is 10.8. The van der Waals surface area contributed by atoms with Gasteiger partial charge in [0.25, 0.3) is 5.91 Å². The number of rotatable bonds is 7. The number of fused-ring (bicyclic) bond motifs is 1. The molecule has 4 aromatic rings. The third kappa shape index (κ3) is 4.95. The molecule has 0 aliphatic heterocycles. The molecular weight excluding hydrogens is 526 g/mol. The molecule has 1 aromatic heterocycles. The van der Waals surface area contributed by atoms with E-state index in [1.807, 2.05) is 32.9 Å².